The molecule has 0 saturated carbocycles. The zero-order valence-electron chi connectivity index (χ0n) is 16.1. The number of unbranched alkanes of at least 4 members (excludes halogenated alkanes) is 1. The summed E-state index contributed by atoms with van der Waals surface area (Å²) in [4.78, 5) is 30.8. The standard InChI is InChI=1S/C20H25N3O4/c1-5-6-9-23(2)20(25)15-10-14(12-21-13-15)19(24)22-17-11-16(26-3)7-8-18(17)27-4/h7-8,10-13H,5-6,9H2,1-4H3,(H,22,24). The van der Waals surface area contributed by atoms with Crippen LogP contribution in [0, 0.1) is 0 Å². The molecule has 2 rings (SSSR count). The molecule has 0 atom stereocenters. The summed E-state index contributed by atoms with van der Waals surface area (Å²) in [5.41, 5.74) is 1.13. The van der Waals surface area contributed by atoms with E-state index < -0.39 is 0 Å². The topological polar surface area (TPSA) is 80.8 Å². The number of pyridine rings is 1. The number of ether oxygens (including phenoxy) is 2. The fourth-order valence-corrected chi connectivity index (χ4v) is 2.50. The highest BCUT2D eigenvalue weighted by atomic mass is 16.5. The first-order valence-corrected chi connectivity index (χ1v) is 8.74. The lowest BCUT2D eigenvalue weighted by atomic mass is 10.1. The van der Waals surface area contributed by atoms with Crippen LogP contribution in [0.4, 0.5) is 5.69 Å². The first-order chi connectivity index (χ1) is 13.0. The van der Waals surface area contributed by atoms with Gasteiger partial charge in [0.1, 0.15) is 11.5 Å². The molecule has 1 aromatic heterocycles. The van der Waals surface area contributed by atoms with Crippen molar-refractivity contribution in [2.24, 2.45) is 0 Å². The van der Waals surface area contributed by atoms with Gasteiger partial charge in [0.2, 0.25) is 0 Å². The number of methoxy groups -OCH3 is 2. The first-order valence-electron chi connectivity index (χ1n) is 8.74. The highest BCUT2D eigenvalue weighted by Crippen LogP contribution is 2.29. The summed E-state index contributed by atoms with van der Waals surface area (Å²) in [6.07, 6.45) is 4.81. The van der Waals surface area contributed by atoms with Crippen LogP contribution in [-0.4, -0.2) is 49.5 Å². The molecule has 0 unspecified atom stereocenters. The average Bonchev–Trinajstić information content (AvgIpc) is 2.71. The monoisotopic (exact) mass is 371 g/mol. The van der Waals surface area contributed by atoms with E-state index in [0.717, 1.165) is 12.8 Å². The van der Waals surface area contributed by atoms with Crippen LogP contribution in [0.25, 0.3) is 0 Å². The molecule has 0 aliphatic heterocycles. The van der Waals surface area contributed by atoms with Gasteiger partial charge in [-0.1, -0.05) is 13.3 Å². The summed E-state index contributed by atoms with van der Waals surface area (Å²) in [7, 11) is 4.80. The van der Waals surface area contributed by atoms with E-state index in [9.17, 15) is 9.59 Å². The van der Waals surface area contributed by atoms with Crippen molar-refractivity contribution in [3.05, 3.63) is 47.8 Å². The third-order valence-electron chi connectivity index (χ3n) is 4.10. The van der Waals surface area contributed by atoms with Gasteiger partial charge in [-0.3, -0.25) is 14.6 Å². The second kappa shape index (κ2) is 9.56. The second-order valence-electron chi connectivity index (χ2n) is 6.06. The Morgan fingerprint density at radius 3 is 2.52 bits per heavy atom. The predicted octanol–water partition coefficient (Wildman–Crippen LogP) is 3.22. The molecule has 144 valence electrons. The molecule has 0 bridgehead atoms. The molecule has 0 radical (unpaired) electrons. The summed E-state index contributed by atoms with van der Waals surface area (Å²) in [5.74, 6) is 0.541. The van der Waals surface area contributed by atoms with Gasteiger partial charge in [-0.15, -0.1) is 0 Å². The van der Waals surface area contributed by atoms with Crippen LogP contribution in [0.2, 0.25) is 0 Å². The molecule has 7 nitrogen and oxygen atoms in total. The Morgan fingerprint density at radius 2 is 1.85 bits per heavy atom. The largest absolute Gasteiger partial charge is 0.497 e. The maximum Gasteiger partial charge on any atom is 0.257 e. The Kier molecular flexibility index (Phi) is 7.16. The van der Waals surface area contributed by atoms with Gasteiger partial charge in [-0.2, -0.15) is 0 Å². The molecular formula is C20H25N3O4. The van der Waals surface area contributed by atoms with Crippen LogP contribution >= 0.6 is 0 Å². The van der Waals surface area contributed by atoms with E-state index in [1.165, 1.54) is 19.5 Å². The number of amides is 2. The zero-order valence-corrected chi connectivity index (χ0v) is 16.1. The fourth-order valence-electron chi connectivity index (χ4n) is 2.50. The van der Waals surface area contributed by atoms with E-state index in [1.807, 2.05) is 0 Å². The number of nitrogens with zero attached hydrogens (tertiary/aromatic N) is 2. The second-order valence-corrected chi connectivity index (χ2v) is 6.06. The molecule has 0 fully saturated rings. The molecule has 27 heavy (non-hydrogen) atoms. The quantitative estimate of drug-likeness (QED) is 0.771. The summed E-state index contributed by atoms with van der Waals surface area (Å²) < 4.78 is 10.4. The van der Waals surface area contributed by atoms with E-state index in [2.05, 4.69) is 17.2 Å². The molecule has 1 heterocycles. The van der Waals surface area contributed by atoms with Crippen LogP contribution in [-0.2, 0) is 0 Å². The Bertz CT molecular complexity index is 808. The highest BCUT2D eigenvalue weighted by molar-refractivity contribution is 6.06. The molecule has 1 N–H and O–H groups in total. The maximum atomic E-state index is 12.6. The van der Waals surface area contributed by atoms with Gasteiger partial charge in [0.15, 0.2) is 0 Å². The van der Waals surface area contributed by atoms with Crippen molar-refractivity contribution in [2.75, 3.05) is 33.1 Å². The fraction of sp³-hybridized carbons (Fsp3) is 0.350. The highest BCUT2D eigenvalue weighted by Gasteiger charge is 2.16. The van der Waals surface area contributed by atoms with Crippen molar-refractivity contribution in [3.63, 3.8) is 0 Å². The van der Waals surface area contributed by atoms with Crippen LogP contribution in [0.3, 0.4) is 0 Å². The van der Waals surface area contributed by atoms with E-state index >= 15 is 0 Å². The minimum atomic E-state index is -0.389. The van der Waals surface area contributed by atoms with Gasteiger partial charge in [-0.25, -0.2) is 0 Å². The Balaban J connectivity index is 2.19. The Hall–Kier alpha value is -3.09. The minimum Gasteiger partial charge on any atom is -0.497 e. The summed E-state index contributed by atoms with van der Waals surface area (Å²) in [5, 5.41) is 2.77. The lowest BCUT2D eigenvalue weighted by molar-refractivity contribution is 0.0793. The van der Waals surface area contributed by atoms with Crippen molar-refractivity contribution in [2.45, 2.75) is 19.8 Å². The van der Waals surface area contributed by atoms with E-state index in [0.29, 0.717) is 29.3 Å². The maximum absolute atomic E-state index is 12.6. The number of carbonyl (C=O) groups is 2. The normalized spacial score (nSPS) is 10.2. The number of rotatable bonds is 8. The van der Waals surface area contributed by atoms with Gasteiger partial charge < -0.3 is 19.7 Å². The number of anilines is 1. The van der Waals surface area contributed by atoms with Crippen molar-refractivity contribution in [1.29, 1.82) is 0 Å². The van der Waals surface area contributed by atoms with Crippen molar-refractivity contribution >= 4 is 17.5 Å². The van der Waals surface area contributed by atoms with Crippen LogP contribution in [0.15, 0.2) is 36.7 Å². The number of benzene rings is 1. The predicted molar refractivity (Wildman–Crippen MR) is 104 cm³/mol. The molecule has 2 amide bonds. The van der Waals surface area contributed by atoms with Gasteiger partial charge in [0, 0.05) is 32.1 Å². The zero-order chi connectivity index (χ0) is 19.8. The molecule has 1 aromatic carbocycles. The number of nitrogens with one attached hydrogen (secondary N) is 1. The van der Waals surface area contributed by atoms with Crippen LogP contribution in [0.5, 0.6) is 11.5 Å². The lowest BCUT2D eigenvalue weighted by Gasteiger charge is -2.17. The van der Waals surface area contributed by atoms with E-state index in [1.54, 1.807) is 43.3 Å². The summed E-state index contributed by atoms with van der Waals surface area (Å²) in [6.45, 7) is 2.73. The smallest absolute Gasteiger partial charge is 0.257 e. The van der Waals surface area contributed by atoms with Gasteiger partial charge in [0.05, 0.1) is 31.0 Å². The number of aromatic nitrogens is 1. The third kappa shape index (κ3) is 5.20. The van der Waals surface area contributed by atoms with Gasteiger partial charge >= 0.3 is 0 Å². The number of carbonyl (C=O) groups excluding carboxylic acids is 2. The Labute approximate surface area is 159 Å². The van der Waals surface area contributed by atoms with Crippen molar-refractivity contribution in [1.82, 2.24) is 9.88 Å². The molecule has 2 aromatic rings. The summed E-state index contributed by atoms with van der Waals surface area (Å²) in [6, 6.07) is 6.65. The Morgan fingerprint density at radius 1 is 1.11 bits per heavy atom. The molecule has 0 spiro atoms. The molecule has 0 aliphatic carbocycles. The number of hydrogen-bond donors (Lipinski definition) is 1. The van der Waals surface area contributed by atoms with Crippen LogP contribution in [0.1, 0.15) is 40.5 Å². The third-order valence-corrected chi connectivity index (χ3v) is 4.10. The molecule has 0 saturated heterocycles. The molecular weight excluding hydrogens is 346 g/mol. The molecule has 0 aliphatic rings. The average molecular weight is 371 g/mol. The van der Waals surface area contributed by atoms with E-state index in [-0.39, 0.29) is 17.4 Å². The number of hydrogen-bond acceptors (Lipinski definition) is 5. The van der Waals surface area contributed by atoms with Crippen molar-refractivity contribution in [3.8, 4) is 11.5 Å². The summed E-state index contributed by atoms with van der Waals surface area (Å²) >= 11 is 0. The van der Waals surface area contributed by atoms with Crippen molar-refractivity contribution < 1.29 is 19.1 Å². The molecule has 7 heteroatoms. The lowest BCUT2D eigenvalue weighted by Crippen LogP contribution is -2.28. The van der Waals surface area contributed by atoms with Gasteiger partial charge in [-0.05, 0) is 24.6 Å². The minimum absolute atomic E-state index is 0.162. The van der Waals surface area contributed by atoms with Crippen LogP contribution < -0.4 is 14.8 Å². The van der Waals surface area contributed by atoms with E-state index in [4.69, 9.17) is 9.47 Å². The van der Waals surface area contributed by atoms with Gasteiger partial charge in [0.25, 0.3) is 11.8 Å². The SMILES string of the molecule is CCCCN(C)C(=O)c1cncc(C(=O)Nc2cc(OC)ccc2OC)c1. The first kappa shape index (κ1) is 20.2.